The van der Waals surface area contributed by atoms with Gasteiger partial charge in [-0.15, -0.1) is 0 Å². The van der Waals surface area contributed by atoms with Crippen LogP contribution in [0.1, 0.15) is 25.7 Å². The predicted octanol–water partition coefficient (Wildman–Crippen LogP) is 2.72. The molecule has 2 N–H and O–H groups in total. The number of carbonyl (C=O) groups excluding carboxylic acids is 1. The van der Waals surface area contributed by atoms with Crippen LogP contribution in [0.3, 0.4) is 0 Å². The molecule has 0 radical (unpaired) electrons. The molecule has 0 bridgehead atoms. The molecule has 2 aromatic carbocycles. The molecule has 2 aliphatic rings. The van der Waals surface area contributed by atoms with E-state index in [9.17, 15) is 13.2 Å². The second kappa shape index (κ2) is 8.74. The number of nitrogens with zero attached hydrogens (tertiary/aromatic N) is 1. The Hall–Kier alpha value is -3.07. The van der Waals surface area contributed by atoms with Crippen molar-refractivity contribution in [3.05, 3.63) is 48.5 Å². The number of ether oxygens (including phenoxy) is 2. The van der Waals surface area contributed by atoms with Crippen LogP contribution in [0.2, 0.25) is 0 Å². The third-order valence-electron chi connectivity index (χ3n) is 4.86. The molecule has 0 saturated carbocycles. The fourth-order valence-electron chi connectivity index (χ4n) is 3.26. The lowest BCUT2D eigenvalue weighted by atomic mass is 10.2. The Bertz CT molecular complexity index is 1050. The number of para-hydroxylation sites is 2. The Kier molecular flexibility index (Phi) is 5.89. The summed E-state index contributed by atoms with van der Waals surface area (Å²) in [5.74, 6) is 1.24. The smallest absolute Gasteiger partial charge is 0.269 e. The second-order valence-corrected chi connectivity index (χ2v) is 8.80. The van der Waals surface area contributed by atoms with Gasteiger partial charge in [-0.25, -0.2) is 8.42 Å². The Morgan fingerprint density at radius 3 is 2.57 bits per heavy atom. The van der Waals surface area contributed by atoms with E-state index in [-0.39, 0.29) is 17.4 Å². The Morgan fingerprint density at radius 2 is 1.77 bits per heavy atom. The molecule has 158 valence electrons. The number of nitrogens with one attached hydrogen (secondary N) is 2. The van der Waals surface area contributed by atoms with Gasteiger partial charge >= 0.3 is 0 Å². The van der Waals surface area contributed by atoms with Crippen LogP contribution in [0.15, 0.2) is 58.4 Å². The Morgan fingerprint density at radius 1 is 1.00 bits per heavy atom. The standard InChI is InChI=1S/C21H23N3O5S/c25-21(19-14-28-17-6-3-4-7-18(17)29-19)23-15-9-11-16(12-10-15)30(26,27)24-20-8-2-1-5-13-22-20/h3-4,6-7,9-12,19H,1-2,5,8,13-14H2,(H,22,24)(H,23,25)/t19-/m1/s1. The lowest BCUT2D eigenvalue weighted by Gasteiger charge is -2.25. The van der Waals surface area contributed by atoms with Gasteiger partial charge in [0.2, 0.25) is 6.10 Å². The van der Waals surface area contributed by atoms with E-state index in [1.807, 2.05) is 6.07 Å². The van der Waals surface area contributed by atoms with Gasteiger partial charge in [-0.1, -0.05) is 18.6 Å². The maximum atomic E-state index is 12.6. The van der Waals surface area contributed by atoms with Crippen molar-refractivity contribution in [2.75, 3.05) is 18.5 Å². The van der Waals surface area contributed by atoms with Crippen molar-refractivity contribution in [3.8, 4) is 11.5 Å². The number of rotatable bonds is 4. The molecule has 2 heterocycles. The summed E-state index contributed by atoms with van der Waals surface area (Å²) in [4.78, 5) is 16.9. The highest BCUT2D eigenvalue weighted by atomic mass is 32.2. The third-order valence-corrected chi connectivity index (χ3v) is 6.26. The van der Waals surface area contributed by atoms with E-state index in [0.29, 0.717) is 36.0 Å². The average molecular weight is 429 g/mol. The minimum atomic E-state index is -3.71. The lowest BCUT2D eigenvalue weighted by Crippen LogP contribution is -2.40. The van der Waals surface area contributed by atoms with Crippen LogP contribution >= 0.6 is 0 Å². The van der Waals surface area contributed by atoms with E-state index in [1.54, 1.807) is 30.3 Å². The number of carbonyl (C=O) groups is 1. The summed E-state index contributed by atoms with van der Waals surface area (Å²) in [5, 5.41) is 2.73. The molecular formula is C21H23N3O5S. The van der Waals surface area contributed by atoms with Crippen LogP contribution in [-0.4, -0.2) is 39.4 Å². The third kappa shape index (κ3) is 4.73. The molecule has 0 aliphatic carbocycles. The Labute approximate surface area is 175 Å². The summed E-state index contributed by atoms with van der Waals surface area (Å²) in [6.07, 6.45) is 2.77. The number of amides is 1. The van der Waals surface area contributed by atoms with Crippen molar-refractivity contribution >= 4 is 27.5 Å². The zero-order valence-corrected chi connectivity index (χ0v) is 17.2. The molecule has 4 rings (SSSR count). The summed E-state index contributed by atoms with van der Waals surface area (Å²) in [7, 11) is -3.71. The molecule has 8 nitrogen and oxygen atoms in total. The largest absolute Gasteiger partial charge is 0.485 e. The Balaban J connectivity index is 1.38. The molecule has 2 aromatic rings. The molecule has 0 saturated heterocycles. The molecule has 2 aliphatic heterocycles. The predicted molar refractivity (Wildman–Crippen MR) is 113 cm³/mol. The van der Waals surface area contributed by atoms with E-state index in [4.69, 9.17) is 9.47 Å². The van der Waals surface area contributed by atoms with Crippen molar-refractivity contribution in [2.45, 2.75) is 36.7 Å². The van der Waals surface area contributed by atoms with Crippen molar-refractivity contribution < 1.29 is 22.7 Å². The van der Waals surface area contributed by atoms with E-state index in [2.05, 4.69) is 15.0 Å². The van der Waals surface area contributed by atoms with Gasteiger partial charge in [0.05, 0.1) is 4.90 Å². The van der Waals surface area contributed by atoms with Gasteiger partial charge in [0.15, 0.2) is 11.5 Å². The zero-order valence-electron chi connectivity index (χ0n) is 16.3. The first-order valence-electron chi connectivity index (χ1n) is 9.87. The SMILES string of the molecule is O=C(Nc1ccc(S(=O)(=O)NC2=NCCCCC2)cc1)[C@H]1COc2ccccc2O1. The molecule has 0 fully saturated rings. The number of hydrogen-bond acceptors (Lipinski definition) is 6. The highest BCUT2D eigenvalue weighted by Gasteiger charge is 2.27. The number of amidine groups is 1. The molecule has 30 heavy (non-hydrogen) atoms. The highest BCUT2D eigenvalue weighted by Crippen LogP contribution is 2.31. The van der Waals surface area contributed by atoms with E-state index < -0.39 is 16.1 Å². The van der Waals surface area contributed by atoms with Gasteiger partial charge in [-0.2, -0.15) is 0 Å². The molecule has 0 spiro atoms. The monoisotopic (exact) mass is 429 g/mol. The molecule has 1 amide bonds. The summed E-state index contributed by atoms with van der Waals surface area (Å²) in [6.45, 7) is 0.738. The first-order valence-corrected chi connectivity index (χ1v) is 11.4. The number of hydrogen-bond donors (Lipinski definition) is 2. The second-order valence-electron chi connectivity index (χ2n) is 7.12. The number of aliphatic imine (C=N–C) groups is 1. The van der Waals surface area contributed by atoms with E-state index >= 15 is 0 Å². The topological polar surface area (TPSA) is 106 Å². The summed E-state index contributed by atoms with van der Waals surface area (Å²) < 4.78 is 39.0. The van der Waals surface area contributed by atoms with Crippen LogP contribution in [-0.2, 0) is 14.8 Å². The van der Waals surface area contributed by atoms with Crippen molar-refractivity contribution in [1.82, 2.24) is 4.72 Å². The molecule has 1 atom stereocenters. The highest BCUT2D eigenvalue weighted by molar-refractivity contribution is 7.90. The van der Waals surface area contributed by atoms with Gasteiger partial charge in [0.25, 0.3) is 15.9 Å². The summed E-state index contributed by atoms with van der Waals surface area (Å²) >= 11 is 0. The normalized spacial score (nSPS) is 18.7. The molecule has 0 unspecified atom stereocenters. The van der Waals surface area contributed by atoms with Crippen molar-refractivity contribution in [1.29, 1.82) is 0 Å². The maximum absolute atomic E-state index is 12.6. The van der Waals surface area contributed by atoms with Gasteiger partial charge < -0.3 is 14.8 Å². The summed E-state index contributed by atoms with van der Waals surface area (Å²) in [6, 6.07) is 13.1. The van der Waals surface area contributed by atoms with Crippen LogP contribution in [0.4, 0.5) is 5.69 Å². The van der Waals surface area contributed by atoms with Crippen molar-refractivity contribution in [2.24, 2.45) is 4.99 Å². The number of benzene rings is 2. The van der Waals surface area contributed by atoms with Crippen LogP contribution in [0.5, 0.6) is 11.5 Å². The first-order chi connectivity index (χ1) is 14.5. The molecular weight excluding hydrogens is 406 g/mol. The lowest BCUT2D eigenvalue weighted by molar-refractivity contribution is -0.125. The number of sulfonamides is 1. The summed E-state index contributed by atoms with van der Waals surface area (Å²) in [5.41, 5.74) is 0.466. The van der Waals surface area contributed by atoms with Crippen LogP contribution in [0, 0.1) is 0 Å². The van der Waals surface area contributed by atoms with Crippen molar-refractivity contribution in [3.63, 3.8) is 0 Å². The first kappa shape index (κ1) is 20.2. The fourth-order valence-corrected chi connectivity index (χ4v) is 4.35. The van der Waals surface area contributed by atoms with Gasteiger partial charge in [-0.3, -0.25) is 14.5 Å². The van der Waals surface area contributed by atoms with Gasteiger partial charge in [0.1, 0.15) is 12.4 Å². The fraction of sp³-hybridized carbons (Fsp3) is 0.333. The minimum Gasteiger partial charge on any atom is -0.485 e. The number of fused-ring (bicyclic) bond motifs is 1. The molecule has 0 aromatic heterocycles. The average Bonchev–Trinajstić information content (AvgIpc) is 3.02. The maximum Gasteiger partial charge on any atom is 0.269 e. The van der Waals surface area contributed by atoms with Gasteiger partial charge in [-0.05, 0) is 49.2 Å². The minimum absolute atomic E-state index is 0.0986. The quantitative estimate of drug-likeness (QED) is 0.777. The van der Waals surface area contributed by atoms with Crippen LogP contribution < -0.4 is 19.5 Å². The molecule has 9 heteroatoms. The zero-order chi connectivity index (χ0) is 21.0. The van der Waals surface area contributed by atoms with Gasteiger partial charge in [0, 0.05) is 18.7 Å². The van der Waals surface area contributed by atoms with E-state index in [1.165, 1.54) is 12.1 Å². The van der Waals surface area contributed by atoms with E-state index in [0.717, 1.165) is 19.3 Å². The van der Waals surface area contributed by atoms with Crippen LogP contribution in [0.25, 0.3) is 0 Å². The number of anilines is 1.